The summed E-state index contributed by atoms with van der Waals surface area (Å²) in [7, 11) is 1.58. The van der Waals surface area contributed by atoms with E-state index in [1.165, 1.54) is 12.1 Å². The fourth-order valence-corrected chi connectivity index (χ4v) is 4.14. The van der Waals surface area contributed by atoms with E-state index in [1.807, 2.05) is 18.2 Å². The molecule has 0 unspecified atom stereocenters. The van der Waals surface area contributed by atoms with Gasteiger partial charge in [-0.2, -0.15) is 18.2 Å². The smallest absolute Gasteiger partial charge is 0.417 e. The number of H-pyrrole nitrogens is 1. The highest BCUT2D eigenvalue weighted by atomic mass is 35.5. The Morgan fingerprint density at radius 1 is 0.860 bits per heavy atom. The summed E-state index contributed by atoms with van der Waals surface area (Å²) >= 11 is 0. The zero-order valence-corrected chi connectivity index (χ0v) is 23.7. The maximum Gasteiger partial charge on any atom is 0.417 e. The van der Waals surface area contributed by atoms with Gasteiger partial charge in [0.2, 0.25) is 0 Å². The third kappa shape index (κ3) is 7.58. The lowest BCUT2D eigenvalue weighted by Crippen LogP contribution is -2.17. The Morgan fingerprint density at radius 2 is 1.58 bits per heavy atom. The maximum absolute atomic E-state index is 14.1. The number of halogens is 4. The zero-order valence-electron chi connectivity index (χ0n) is 22.9. The summed E-state index contributed by atoms with van der Waals surface area (Å²) < 4.78 is 53.3. The van der Waals surface area contributed by atoms with Crippen LogP contribution in [0.1, 0.15) is 28.1 Å². The van der Waals surface area contributed by atoms with Gasteiger partial charge in [0.15, 0.2) is 5.82 Å². The molecule has 0 radical (unpaired) electrons. The first kappa shape index (κ1) is 30.8. The number of aromatic amines is 1. The molecule has 5 aromatic rings. The molecule has 0 amide bonds. The van der Waals surface area contributed by atoms with Crippen molar-refractivity contribution in [1.29, 1.82) is 0 Å². The minimum absolute atomic E-state index is 0. The number of pyridine rings is 1. The maximum atomic E-state index is 14.1. The fourth-order valence-electron chi connectivity index (χ4n) is 4.14. The summed E-state index contributed by atoms with van der Waals surface area (Å²) in [6, 6.07) is 22.8. The van der Waals surface area contributed by atoms with Gasteiger partial charge in [0.05, 0.1) is 23.9 Å². The predicted molar refractivity (Wildman–Crippen MR) is 158 cm³/mol. The molecule has 2 heterocycles. The Morgan fingerprint density at radius 3 is 2.30 bits per heavy atom. The number of alkyl halides is 3. The standard InChI is InChI=1S/C32H23F3N4O3.ClH/c1-20-6-3-8-24(36-20)19-42-27-11-5-10-26(32(33,34)35)28(27)30-37-29(38-31(40)39-30)23-16-14-21(15-17-23)12-13-22-7-4-9-25(18-22)41-2;/h3-11,14-18H,19H2,1-2H3,(H,37,38,39,40);1H. The van der Waals surface area contributed by atoms with Gasteiger partial charge in [0.25, 0.3) is 0 Å². The molecule has 0 bridgehead atoms. The number of aryl methyl sites for hydroxylation is 1. The number of aromatic nitrogens is 4. The number of nitrogens with zero attached hydrogens (tertiary/aromatic N) is 3. The van der Waals surface area contributed by atoms with Crippen molar-refractivity contribution in [3.63, 3.8) is 0 Å². The lowest BCUT2D eigenvalue weighted by molar-refractivity contribution is -0.137. The summed E-state index contributed by atoms with van der Waals surface area (Å²) in [5, 5.41) is 0. The molecule has 0 fully saturated rings. The molecule has 43 heavy (non-hydrogen) atoms. The van der Waals surface area contributed by atoms with Crippen molar-refractivity contribution in [1.82, 2.24) is 19.9 Å². The number of hydrogen-bond donors (Lipinski definition) is 1. The van der Waals surface area contributed by atoms with Gasteiger partial charge in [-0.15, -0.1) is 12.4 Å². The number of hydrogen-bond acceptors (Lipinski definition) is 6. The summed E-state index contributed by atoms with van der Waals surface area (Å²) in [6.07, 6.45) is -4.75. The molecule has 0 atom stereocenters. The Labute approximate surface area is 251 Å². The molecule has 0 aliphatic heterocycles. The molecule has 0 saturated heterocycles. The highest BCUT2D eigenvalue weighted by Crippen LogP contribution is 2.41. The highest BCUT2D eigenvalue weighted by Gasteiger charge is 2.36. The molecule has 5 rings (SSSR count). The predicted octanol–water partition coefficient (Wildman–Crippen LogP) is 6.63. The quantitative estimate of drug-likeness (QED) is 0.219. The summed E-state index contributed by atoms with van der Waals surface area (Å²) in [4.78, 5) is 27.4. The van der Waals surface area contributed by atoms with Crippen LogP contribution >= 0.6 is 12.4 Å². The van der Waals surface area contributed by atoms with Crippen LogP contribution in [0.4, 0.5) is 13.2 Å². The van der Waals surface area contributed by atoms with E-state index in [4.69, 9.17) is 9.47 Å². The monoisotopic (exact) mass is 604 g/mol. The van der Waals surface area contributed by atoms with E-state index in [-0.39, 0.29) is 36.4 Å². The van der Waals surface area contributed by atoms with E-state index in [2.05, 4.69) is 31.8 Å². The van der Waals surface area contributed by atoms with Crippen molar-refractivity contribution in [3.8, 4) is 46.1 Å². The van der Waals surface area contributed by atoms with Gasteiger partial charge < -0.3 is 9.47 Å². The number of methoxy groups -OCH3 is 1. The van der Waals surface area contributed by atoms with Gasteiger partial charge in [-0.25, -0.2) is 9.78 Å². The molecule has 1 N–H and O–H groups in total. The highest BCUT2D eigenvalue weighted by molar-refractivity contribution is 5.85. The third-order valence-corrected chi connectivity index (χ3v) is 6.10. The number of nitrogens with one attached hydrogen (secondary N) is 1. The molecule has 3 aromatic carbocycles. The van der Waals surface area contributed by atoms with Gasteiger partial charge >= 0.3 is 11.9 Å². The van der Waals surface area contributed by atoms with Crippen molar-refractivity contribution in [3.05, 3.63) is 123 Å². The van der Waals surface area contributed by atoms with Crippen LogP contribution in [0.25, 0.3) is 22.8 Å². The fraction of sp³-hybridized carbons (Fsp3) is 0.125. The lowest BCUT2D eigenvalue weighted by Gasteiger charge is -2.17. The van der Waals surface area contributed by atoms with Crippen LogP contribution < -0.4 is 15.2 Å². The van der Waals surface area contributed by atoms with Crippen molar-refractivity contribution in [2.75, 3.05) is 7.11 Å². The minimum Gasteiger partial charge on any atom is -0.497 e. The van der Waals surface area contributed by atoms with Gasteiger partial charge in [0.1, 0.15) is 23.9 Å². The van der Waals surface area contributed by atoms with Gasteiger partial charge in [-0.3, -0.25) is 9.97 Å². The van der Waals surface area contributed by atoms with Crippen LogP contribution in [0.2, 0.25) is 0 Å². The molecule has 0 saturated carbocycles. The van der Waals surface area contributed by atoms with Gasteiger partial charge in [0, 0.05) is 22.4 Å². The topological polar surface area (TPSA) is 90.0 Å². The molecule has 218 valence electrons. The molecular formula is C32H24ClF3N4O3. The average Bonchev–Trinajstić information content (AvgIpc) is 2.98. The van der Waals surface area contributed by atoms with Crippen LogP contribution in [-0.4, -0.2) is 27.0 Å². The number of rotatable bonds is 6. The first-order valence-corrected chi connectivity index (χ1v) is 12.7. The van der Waals surface area contributed by atoms with Gasteiger partial charge in [-0.05, 0) is 73.7 Å². The molecule has 0 aliphatic rings. The Bertz CT molecular complexity index is 1860. The van der Waals surface area contributed by atoms with Crippen LogP contribution in [0.3, 0.4) is 0 Å². The van der Waals surface area contributed by atoms with Crippen molar-refractivity contribution >= 4 is 12.4 Å². The third-order valence-electron chi connectivity index (χ3n) is 6.10. The SMILES string of the molecule is COc1cccc(C#Cc2ccc(-c3nc(-c4c(OCc5cccc(C)n5)cccc4C(F)(F)F)[nH]c(=O)n3)cc2)c1.Cl. The van der Waals surface area contributed by atoms with E-state index >= 15 is 0 Å². The molecule has 7 nitrogen and oxygen atoms in total. The van der Waals surface area contributed by atoms with E-state index in [1.54, 1.807) is 62.6 Å². The van der Waals surface area contributed by atoms with Crippen molar-refractivity contribution in [2.45, 2.75) is 19.7 Å². The second-order valence-electron chi connectivity index (χ2n) is 9.12. The Kier molecular flexibility index (Phi) is 9.48. The molecular weight excluding hydrogens is 581 g/mol. The molecule has 2 aromatic heterocycles. The van der Waals surface area contributed by atoms with E-state index in [9.17, 15) is 18.0 Å². The number of benzene rings is 3. The molecule has 0 spiro atoms. The van der Waals surface area contributed by atoms with Crippen LogP contribution in [0, 0.1) is 18.8 Å². The second kappa shape index (κ2) is 13.2. The Hall–Kier alpha value is -5.14. The van der Waals surface area contributed by atoms with Crippen molar-refractivity contribution in [2.24, 2.45) is 0 Å². The van der Waals surface area contributed by atoms with Crippen LogP contribution in [-0.2, 0) is 12.8 Å². The molecule has 0 aliphatic carbocycles. The number of ether oxygens (including phenoxy) is 2. The summed E-state index contributed by atoms with van der Waals surface area (Å²) in [5.74, 6) is 6.28. The largest absolute Gasteiger partial charge is 0.497 e. The van der Waals surface area contributed by atoms with E-state index < -0.39 is 23.0 Å². The lowest BCUT2D eigenvalue weighted by atomic mass is 10.0. The van der Waals surface area contributed by atoms with E-state index in [0.717, 1.165) is 17.3 Å². The van der Waals surface area contributed by atoms with Gasteiger partial charge in [-0.1, -0.05) is 30.0 Å². The molecule has 11 heteroatoms. The summed E-state index contributed by atoms with van der Waals surface area (Å²) in [5.41, 5.74) is 0.854. The van der Waals surface area contributed by atoms with Crippen LogP contribution in [0.15, 0.2) is 89.7 Å². The minimum atomic E-state index is -4.75. The first-order chi connectivity index (χ1) is 20.2. The van der Waals surface area contributed by atoms with Crippen molar-refractivity contribution < 1.29 is 22.6 Å². The second-order valence-corrected chi connectivity index (χ2v) is 9.12. The van der Waals surface area contributed by atoms with E-state index in [0.29, 0.717) is 22.6 Å². The Balaban J connectivity index is 0.00000423. The average molecular weight is 605 g/mol. The summed E-state index contributed by atoms with van der Waals surface area (Å²) in [6.45, 7) is 1.71. The normalized spacial score (nSPS) is 10.7. The first-order valence-electron chi connectivity index (χ1n) is 12.7. The van der Waals surface area contributed by atoms with Crippen LogP contribution in [0.5, 0.6) is 11.5 Å². The zero-order chi connectivity index (χ0) is 29.7.